The van der Waals surface area contributed by atoms with Crippen molar-refractivity contribution in [2.24, 2.45) is 0 Å². The molecule has 2 aliphatic heterocycles. The number of carbonyl (C=O) groups excluding carboxylic acids is 2. The first-order valence-corrected chi connectivity index (χ1v) is 9.63. The number of H-pyrrole nitrogens is 1. The van der Waals surface area contributed by atoms with Crippen molar-refractivity contribution in [2.45, 2.75) is 18.5 Å². The summed E-state index contributed by atoms with van der Waals surface area (Å²) in [6.45, 7) is 0.501. The van der Waals surface area contributed by atoms with Crippen LogP contribution >= 0.6 is 0 Å². The summed E-state index contributed by atoms with van der Waals surface area (Å²) in [6.07, 6.45) is 5.40. The van der Waals surface area contributed by atoms with Crippen LogP contribution in [0.15, 0.2) is 30.3 Å². The van der Waals surface area contributed by atoms with Crippen molar-refractivity contribution >= 4 is 28.7 Å². The van der Waals surface area contributed by atoms with E-state index in [9.17, 15) is 18.4 Å². The minimum Gasteiger partial charge on any atom is -0.381 e. The molecule has 9 heteroatoms. The fourth-order valence-corrected chi connectivity index (χ4v) is 4.50. The van der Waals surface area contributed by atoms with Crippen molar-refractivity contribution < 1.29 is 18.4 Å². The van der Waals surface area contributed by atoms with Gasteiger partial charge in [-0.2, -0.15) is 0 Å². The van der Waals surface area contributed by atoms with E-state index >= 15 is 0 Å². The number of pyridine rings is 1. The number of benzene rings is 1. The van der Waals surface area contributed by atoms with E-state index in [1.165, 1.54) is 28.0 Å². The zero-order chi connectivity index (χ0) is 21.9. The zero-order valence-corrected chi connectivity index (χ0v) is 16.2. The Morgan fingerprint density at radius 1 is 1.26 bits per heavy atom. The molecule has 4 heterocycles. The minimum absolute atomic E-state index is 0.102. The average Bonchev–Trinajstić information content (AvgIpc) is 3.26. The third kappa shape index (κ3) is 2.91. The summed E-state index contributed by atoms with van der Waals surface area (Å²) in [5, 5.41) is 0. The van der Waals surface area contributed by atoms with E-state index in [1.807, 2.05) is 0 Å². The van der Waals surface area contributed by atoms with Gasteiger partial charge < -0.3 is 20.5 Å². The quantitative estimate of drug-likeness (QED) is 0.633. The van der Waals surface area contributed by atoms with Gasteiger partial charge in [0.2, 0.25) is 5.91 Å². The number of nitrogen functional groups attached to an aromatic ring is 1. The Morgan fingerprint density at radius 2 is 2.06 bits per heavy atom. The summed E-state index contributed by atoms with van der Waals surface area (Å²) in [4.78, 5) is 36.4. The largest absolute Gasteiger partial charge is 0.381 e. The van der Waals surface area contributed by atoms with Crippen LogP contribution in [0.1, 0.15) is 27.5 Å². The molecule has 0 bridgehead atoms. The van der Waals surface area contributed by atoms with Crippen LogP contribution in [-0.4, -0.2) is 50.7 Å². The van der Waals surface area contributed by atoms with Crippen LogP contribution in [0.2, 0.25) is 0 Å². The second-order valence-corrected chi connectivity index (χ2v) is 7.72. The molecule has 0 saturated carbocycles. The average molecular weight is 421 g/mol. The summed E-state index contributed by atoms with van der Waals surface area (Å²) in [5.74, 6) is -0.165. The third-order valence-electron chi connectivity index (χ3n) is 5.87. The molecular weight excluding hydrogens is 404 g/mol. The maximum atomic E-state index is 13.9. The monoisotopic (exact) mass is 421 g/mol. The van der Waals surface area contributed by atoms with E-state index in [1.54, 1.807) is 6.07 Å². The number of likely N-dealkylation sites (tertiary alicyclic amines) is 1. The van der Waals surface area contributed by atoms with Crippen LogP contribution in [0.25, 0.3) is 11.0 Å². The van der Waals surface area contributed by atoms with Crippen molar-refractivity contribution in [3.05, 3.63) is 58.8 Å². The first kappa shape index (κ1) is 19.1. The van der Waals surface area contributed by atoms with Gasteiger partial charge in [0.25, 0.3) is 5.91 Å². The molecule has 31 heavy (non-hydrogen) atoms. The molecule has 5 rings (SSSR count). The Labute approximate surface area is 175 Å². The van der Waals surface area contributed by atoms with Gasteiger partial charge >= 0.3 is 0 Å². The molecule has 156 valence electrons. The summed E-state index contributed by atoms with van der Waals surface area (Å²) in [5.41, 5.74) is 7.68. The van der Waals surface area contributed by atoms with E-state index in [2.05, 4.69) is 15.9 Å². The predicted molar refractivity (Wildman–Crippen MR) is 109 cm³/mol. The topological polar surface area (TPSA) is 95.3 Å². The standard InChI is InChI=1S/C22H17F2N5O2/c1-2-5-28-10-18-19(22(28)31)13-4-3-11(23)6-14(13)21(30)29(18)9-12-7-16-17(26-12)8-15(24)20(25)27-16/h1,3-4,6-8,18-19,26H,5,9-10H2,(H2,25,27)/t18?,19-/m1/s1. The second kappa shape index (κ2) is 6.80. The number of hydrogen-bond donors (Lipinski definition) is 2. The molecule has 0 spiro atoms. The van der Waals surface area contributed by atoms with Crippen LogP contribution in [0.5, 0.6) is 0 Å². The Morgan fingerprint density at radius 3 is 2.84 bits per heavy atom. The van der Waals surface area contributed by atoms with E-state index in [4.69, 9.17) is 12.2 Å². The van der Waals surface area contributed by atoms with Crippen LogP contribution in [-0.2, 0) is 11.3 Å². The highest BCUT2D eigenvalue weighted by Crippen LogP contribution is 2.40. The van der Waals surface area contributed by atoms with Crippen molar-refractivity contribution in [1.82, 2.24) is 19.8 Å². The molecule has 2 amide bonds. The highest BCUT2D eigenvalue weighted by molar-refractivity contribution is 6.02. The summed E-state index contributed by atoms with van der Waals surface area (Å²) < 4.78 is 27.7. The van der Waals surface area contributed by atoms with Crippen molar-refractivity contribution in [1.29, 1.82) is 0 Å². The molecule has 0 aliphatic carbocycles. The number of rotatable bonds is 3. The zero-order valence-electron chi connectivity index (χ0n) is 16.2. The number of fused-ring (bicyclic) bond motifs is 4. The van der Waals surface area contributed by atoms with E-state index in [-0.39, 0.29) is 42.8 Å². The first-order valence-electron chi connectivity index (χ1n) is 9.63. The lowest BCUT2D eigenvalue weighted by molar-refractivity contribution is -0.128. The lowest BCUT2D eigenvalue weighted by Crippen LogP contribution is -2.48. The van der Waals surface area contributed by atoms with Gasteiger partial charge in [0.05, 0.1) is 36.1 Å². The molecule has 1 aromatic carbocycles. The van der Waals surface area contributed by atoms with Gasteiger partial charge in [-0.1, -0.05) is 12.0 Å². The molecule has 1 unspecified atom stereocenters. The number of carbonyl (C=O) groups is 2. The van der Waals surface area contributed by atoms with Crippen molar-refractivity contribution in [3.63, 3.8) is 0 Å². The normalized spacial score (nSPS) is 20.2. The molecule has 1 fully saturated rings. The van der Waals surface area contributed by atoms with Gasteiger partial charge in [0, 0.05) is 23.9 Å². The number of aromatic nitrogens is 2. The maximum absolute atomic E-state index is 13.9. The third-order valence-corrected chi connectivity index (χ3v) is 5.87. The van der Waals surface area contributed by atoms with Gasteiger partial charge in [0.1, 0.15) is 5.82 Å². The summed E-state index contributed by atoms with van der Waals surface area (Å²) >= 11 is 0. The summed E-state index contributed by atoms with van der Waals surface area (Å²) in [7, 11) is 0. The lowest BCUT2D eigenvalue weighted by Gasteiger charge is -2.36. The number of amides is 2. The molecule has 1 saturated heterocycles. The molecule has 3 aromatic rings. The highest BCUT2D eigenvalue weighted by Gasteiger charge is 2.50. The molecule has 0 radical (unpaired) electrons. The molecule has 3 N–H and O–H groups in total. The Bertz CT molecular complexity index is 1260. The van der Waals surface area contributed by atoms with Gasteiger partial charge in [-0.15, -0.1) is 6.42 Å². The van der Waals surface area contributed by atoms with Crippen LogP contribution in [0.3, 0.4) is 0 Å². The highest BCUT2D eigenvalue weighted by atomic mass is 19.1. The maximum Gasteiger partial charge on any atom is 0.254 e. The second-order valence-electron chi connectivity index (χ2n) is 7.72. The number of terminal acetylenes is 1. The Balaban J connectivity index is 1.57. The van der Waals surface area contributed by atoms with Gasteiger partial charge in [-0.05, 0) is 23.8 Å². The van der Waals surface area contributed by atoms with Gasteiger partial charge in [0.15, 0.2) is 11.6 Å². The number of nitrogens with zero attached hydrogens (tertiary/aromatic N) is 3. The van der Waals surface area contributed by atoms with Crippen molar-refractivity contribution in [2.75, 3.05) is 18.8 Å². The molecular formula is C22H17F2N5O2. The fourth-order valence-electron chi connectivity index (χ4n) is 4.50. The number of nitrogens with one attached hydrogen (secondary N) is 1. The number of nitrogens with two attached hydrogens (primary N) is 1. The first-order chi connectivity index (χ1) is 14.9. The SMILES string of the molecule is C#CCN1CC2[C@H](C1=O)c1ccc(F)cc1C(=O)N2Cc1cc2nc(N)c(F)cc2[nH]1. The Hall–Kier alpha value is -3.93. The van der Waals surface area contributed by atoms with Crippen LogP contribution in [0.4, 0.5) is 14.6 Å². The smallest absolute Gasteiger partial charge is 0.254 e. The number of anilines is 1. The van der Waals surface area contributed by atoms with Crippen LogP contribution in [0, 0.1) is 24.0 Å². The van der Waals surface area contributed by atoms with Crippen LogP contribution < -0.4 is 5.73 Å². The van der Waals surface area contributed by atoms with Gasteiger partial charge in [-0.3, -0.25) is 9.59 Å². The molecule has 7 nitrogen and oxygen atoms in total. The lowest BCUT2D eigenvalue weighted by atomic mass is 9.84. The fraction of sp³-hybridized carbons (Fsp3) is 0.227. The minimum atomic E-state index is -0.647. The van der Waals surface area contributed by atoms with E-state index < -0.39 is 23.6 Å². The molecule has 2 aliphatic rings. The van der Waals surface area contributed by atoms with E-state index in [0.29, 0.717) is 22.3 Å². The van der Waals surface area contributed by atoms with Gasteiger partial charge in [-0.25, -0.2) is 13.8 Å². The Kier molecular flexibility index (Phi) is 4.18. The number of aromatic amines is 1. The number of halogens is 2. The van der Waals surface area contributed by atoms with E-state index in [0.717, 1.165) is 6.07 Å². The molecule has 2 aromatic heterocycles. The number of hydrogen-bond acceptors (Lipinski definition) is 4. The molecule has 2 atom stereocenters. The van der Waals surface area contributed by atoms with Crippen molar-refractivity contribution in [3.8, 4) is 12.3 Å². The predicted octanol–water partition coefficient (Wildman–Crippen LogP) is 2.01. The summed E-state index contributed by atoms with van der Waals surface area (Å²) in [6, 6.07) is 6.34.